The van der Waals surface area contributed by atoms with Gasteiger partial charge < -0.3 is 24.4 Å². The van der Waals surface area contributed by atoms with Gasteiger partial charge in [-0.25, -0.2) is 0 Å². The Morgan fingerprint density at radius 1 is 1.32 bits per heavy atom. The summed E-state index contributed by atoms with van der Waals surface area (Å²) in [6.07, 6.45) is 2.85. The Kier molecular flexibility index (Phi) is 8.05. The molecule has 38 heavy (non-hydrogen) atoms. The van der Waals surface area contributed by atoms with E-state index in [-0.39, 0.29) is 43.4 Å². The van der Waals surface area contributed by atoms with E-state index < -0.39 is 41.1 Å². The van der Waals surface area contributed by atoms with Crippen LogP contribution in [0.1, 0.15) is 53.0 Å². The van der Waals surface area contributed by atoms with Crippen molar-refractivity contribution in [3.63, 3.8) is 0 Å². The van der Waals surface area contributed by atoms with Crippen LogP contribution < -0.4 is 0 Å². The van der Waals surface area contributed by atoms with Crippen LogP contribution in [0.3, 0.4) is 0 Å². The molecule has 8 nitrogen and oxygen atoms in total. The van der Waals surface area contributed by atoms with Crippen LogP contribution in [0.25, 0.3) is 0 Å². The maximum absolute atomic E-state index is 14.6. The minimum absolute atomic E-state index is 0.0669. The fourth-order valence-electron chi connectivity index (χ4n) is 7.08. The number of fused-ring (bicyclic) bond motifs is 1. The van der Waals surface area contributed by atoms with E-state index in [0.717, 1.165) is 5.56 Å². The number of benzene rings is 1. The van der Waals surface area contributed by atoms with Crippen molar-refractivity contribution in [3.05, 3.63) is 48.6 Å². The number of aliphatic hydroxyl groups excluding tert-OH is 1. The molecule has 0 radical (unpaired) electrons. The van der Waals surface area contributed by atoms with E-state index in [9.17, 15) is 19.5 Å². The molecule has 3 fully saturated rings. The van der Waals surface area contributed by atoms with E-state index in [0.29, 0.717) is 19.4 Å². The summed E-state index contributed by atoms with van der Waals surface area (Å²) in [5.74, 6) is -2.85. The van der Waals surface area contributed by atoms with Crippen molar-refractivity contribution >= 4 is 17.8 Å². The van der Waals surface area contributed by atoms with Crippen molar-refractivity contribution in [1.82, 2.24) is 9.80 Å². The Bertz CT molecular complexity index is 1060. The lowest BCUT2D eigenvalue weighted by Gasteiger charge is -2.41. The first-order valence-electron chi connectivity index (χ1n) is 13.8. The zero-order chi connectivity index (χ0) is 27.8. The van der Waals surface area contributed by atoms with Gasteiger partial charge in [0, 0.05) is 13.1 Å². The highest BCUT2D eigenvalue weighted by atomic mass is 16.6. The molecule has 3 aliphatic rings. The summed E-state index contributed by atoms with van der Waals surface area (Å²) in [6.45, 7) is 14.0. The molecule has 1 aromatic carbocycles. The molecule has 208 valence electrons. The third-order valence-corrected chi connectivity index (χ3v) is 9.25. The van der Waals surface area contributed by atoms with Crippen LogP contribution in [-0.2, 0) is 30.4 Å². The molecule has 2 amide bonds. The van der Waals surface area contributed by atoms with E-state index in [1.165, 1.54) is 0 Å². The number of amides is 2. The highest BCUT2D eigenvalue weighted by Gasteiger charge is 2.80. The Labute approximate surface area is 226 Å². The highest BCUT2D eigenvalue weighted by Crippen LogP contribution is 2.65. The van der Waals surface area contributed by atoms with Crippen LogP contribution in [0.5, 0.6) is 0 Å². The summed E-state index contributed by atoms with van der Waals surface area (Å²) >= 11 is 0. The molecule has 8 heteroatoms. The van der Waals surface area contributed by atoms with Gasteiger partial charge in [-0.3, -0.25) is 14.4 Å². The Balaban J connectivity index is 1.85. The molecule has 3 aliphatic heterocycles. The lowest BCUT2D eigenvalue weighted by atomic mass is 9.62. The van der Waals surface area contributed by atoms with E-state index in [1.807, 2.05) is 58.0 Å². The maximum atomic E-state index is 14.6. The predicted molar refractivity (Wildman–Crippen MR) is 143 cm³/mol. The van der Waals surface area contributed by atoms with Gasteiger partial charge in [0.05, 0.1) is 30.8 Å². The van der Waals surface area contributed by atoms with Gasteiger partial charge in [-0.15, -0.1) is 6.58 Å². The van der Waals surface area contributed by atoms with Gasteiger partial charge in [0.25, 0.3) is 0 Å². The van der Waals surface area contributed by atoms with Gasteiger partial charge in [-0.05, 0) is 37.7 Å². The smallest absolute Gasteiger partial charge is 0.312 e. The number of hydrogen-bond acceptors (Lipinski definition) is 6. The number of esters is 1. The van der Waals surface area contributed by atoms with Crippen molar-refractivity contribution in [2.24, 2.45) is 23.7 Å². The Morgan fingerprint density at radius 2 is 2.00 bits per heavy atom. The molecule has 1 spiro atoms. The number of carbonyl (C=O) groups excluding carboxylic acids is 3. The number of rotatable bonds is 11. The normalized spacial score (nSPS) is 33.1. The van der Waals surface area contributed by atoms with Gasteiger partial charge in [0.1, 0.15) is 17.6 Å². The molecular formula is C30H42N2O6. The third kappa shape index (κ3) is 4.26. The van der Waals surface area contributed by atoms with Gasteiger partial charge >= 0.3 is 5.97 Å². The number of ether oxygens (including phenoxy) is 2. The van der Waals surface area contributed by atoms with Crippen LogP contribution >= 0.6 is 0 Å². The fourth-order valence-corrected chi connectivity index (χ4v) is 7.08. The van der Waals surface area contributed by atoms with Crippen molar-refractivity contribution < 1.29 is 29.0 Å². The van der Waals surface area contributed by atoms with Gasteiger partial charge in [-0.1, -0.05) is 63.6 Å². The SMILES string of the molecule is C=CCN(Cc1ccccc1)C(=O)C1N([C@@H](CO)[C@@H](C)CC)C(=O)[C@@H]2[C@@H](C(=O)OCC)[C@]3(C)OC12CC3C. The predicted octanol–water partition coefficient (Wildman–Crippen LogP) is 3.18. The minimum Gasteiger partial charge on any atom is -0.466 e. The molecule has 0 aliphatic carbocycles. The number of nitrogens with zero attached hydrogens (tertiary/aromatic N) is 2. The number of carbonyl (C=O) groups is 3. The minimum atomic E-state index is -1.18. The molecule has 3 saturated heterocycles. The first-order chi connectivity index (χ1) is 18.1. The topological polar surface area (TPSA) is 96.4 Å². The van der Waals surface area contributed by atoms with Crippen LogP contribution in [0.4, 0.5) is 0 Å². The third-order valence-electron chi connectivity index (χ3n) is 9.25. The summed E-state index contributed by atoms with van der Waals surface area (Å²) in [5.41, 5.74) is -1.16. The zero-order valence-corrected chi connectivity index (χ0v) is 23.3. The first kappa shape index (κ1) is 28.3. The van der Waals surface area contributed by atoms with Gasteiger partial charge in [-0.2, -0.15) is 0 Å². The lowest BCUT2D eigenvalue weighted by molar-refractivity contribution is -0.164. The van der Waals surface area contributed by atoms with E-state index in [4.69, 9.17) is 9.47 Å². The van der Waals surface area contributed by atoms with Crippen molar-refractivity contribution in [2.45, 2.75) is 77.3 Å². The number of aliphatic hydroxyl groups is 1. The molecule has 4 rings (SSSR count). The molecule has 1 N–H and O–H groups in total. The van der Waals surface area contributed by atoms with E-state index in [1.54, 1.807) is 22.8 Å². The van der Waals surface area contributed by atoms with Crippen LogP contribution in [0.15, 0.2) is 43.0 Å². The highest BCUT2D eigenvalue weighted by molar-refractivity contribution is 5.98. The Hall–Kier alpha value is -2.71. The number of likely N-dealkylation sites (tertiary alicyclic amines) is 1. The molecule has 3 heterocycles. The standard InChI is InChI=1S/C30H42N2O6/c1-7-15-31(17-21-13-11-10-12-14-21)27(35)25-30-16-20(5)29(6,38-30)24(28(36)37-9-3)23(30)26(34)32(25)22(18-33)19(4)8-2/h7,10-14,19-20,22-25,33H,1,8-9,15-18H2,2-6H3/t19-,20?,22-,23-,24-,25?,29+,30?/m0/s1. The van der Waals surface area contributed by atoms with E-state index in [2.05, 4.69) is 6.58 Å². The van der Waals surface area contributed by atoms with E-state index >= 15 is 0 Å². The molecule has 0 aromatic heterocycles. The van der Waals surface area contributed by atoms with Crippen molar-refractivity contribution in [1.29, 1.82) is 0 Å². The number of hydrogen-bond donors (Lipinski definition) is 1. The second kappa shape index (κ2) is 10.8. The Morgan fingerprint density at radius 3 is 2.58 bits per heavy atom. The first-order valence-corrected chi connectivity index (χ1v) is 13.8. The largest absolute Gasteiger partial charge is 0.466 e. The molecule has 3 unspecified atom stereocenters. The van der Waals surface area contributed by atoms with Gasteiger partial charge in [0.15, 0.2) is 0 Å². The molecule has 0 saturated carbocycles. The summed E-state index contributed by atoms with van der Waals surface area (Å²) < 4.78 is 12.2. The average Bonchev–Trinajstić information content (AvgIpc) is 3.41. The quantitative estimate of drug-likeness (QED) is 0.352. The zero-order valence-electron chi connectivity index (χ0n) is 23.3. The molecular weight excluding hydrogens is 484 g/mol. The van der Waals surface area contributed by atoms with Gasteiger partial charge in [0.2, 0.25) is 11.8 Å². The summed E-state index contributed by atoms with van der Waals surface area (Å²) in [4.78, 5) is 45.5. The van der Waals surface area contributed by atoms with Crippen LogP contribution in [0, 0.1) is 23.7 Å². The second-order valence-corrected chi connectivity index (χ2v) is 11.3. The monoisotopic (exact) mass is 526 g/mol. The van der Waals surface area contributed by atoms with Crippen LogP contribution in [0.2, 0.25) is 0 Å². The van der Waals surface area contributed by atoms with Crippen molar-refractivity contribution in [3.8, 4) is 0 Å². The molecule has 2 bridgehead atoms. The van der Waals surface area contributed by atoms with Crippen molar-refractivity contribution in [2.75, 3.05) is 19.8 Å². The fraction of sp³-hybridized carbons (Fsp3) is 0.633. The second-order valence-electron chi connectivity index (χ2n) is 11.3. The molecule has 8 atom stereocenters. The maximum Gasteiger partial charge on any atom is 0.312 e. The lowest BCUT2D eigenvalue weighted by Crippen LogP contribution is -2.59. The summed E-state index contributed by atoms with van der Waals surface area (Å²) in [7, 11) is 0. The molecule has 1 aromatic rings. The summed E-state index contributed by atoms with van der Waals surface area (Å²) in [5, 5.41) is 10.5. The summed E-state index contributed by atoms with van der Waals surface area (Å²) in [6, 6.07) is 8.11. The average molecular weight is 527 g/mol. The van der Waals surface area contributed by atoms with Crippen LogP contribution in [-0.4, -0.2) is 75.7 Å².